The summed E-state index contributed by atoms with van der Waals surface area (Å²) in [5, 5.41) is 16.8. The molecule has 0 radical (unpaired) electrons. The van der Waals surface area contributed by atoms with E-state index in [1.165, 1.54) is 0 Å². The molecule has 0 rings (SSSR count). The Labute approximate surface area is 70.3 Å². The summed E-state index contributed by atoms with van der Waals surface area (Å²) in [7, 11) is -2.29. The van der Waals surface area contributed by atoms with Gasteiger partial charge < -0.3 is 26.2 Å². The SMILES string of the molecule is NC(CC(N)[PH](=O)CO)C(=O)O. The van der Waals surface area contributed by atoms with Crippen LogP contribution in [-0.2, 0) is 9.36 Å². The van der Waals surface area contributed by atoms with Crippen LogP contribution >= 0.6 is 7.80 Å². The Kier molecular flexibility index (Phi) is 5.08. The van der Waals surface area contributed by atoms with Gasteiger partial charge in [0, 0.05) is 0 Å². The van der Waals surface area contributed by atoms with Gasteiger partial charge in [0.15, 0.2) is 0 Å². The summed E-state index contributed by atoms with van der Waals surface area (Å²) in [6, 6.07) is -1.11. The summed E-state index contributed by atoms with van der Waals surface area (Å²) in [5.41, 5.74) is 10.4. The van der Waals surface area contributed by atoms with Crippen LogP contribution in [0.15, 0.2) is 0 Å². The van der Waals surface area contributed by atoms with Crippen molar-refractivity contribution in [2.45, 2.75) is 18.2 Å². The first-order chi connectivity index (χ1) is 5.49. The van der Waals surface area contributed by atoms with E-state index in [9.17, 15) is 9.36 Å². The summed E-state index contributed by atoms with van der Waals surface area (Å²) in [4.78, 5) is 10.2. The summed E-state index contributed by atoms with van der Waals surface area (Å²) in [5.74, 6) is -2.00. The Hall–Kier alpha value is -0.420. The number of aliphatic hydroxyl groups is 1. The maximum absolute atomic E-state index is 10.8. The van der Waals surface area contributed by atoms with E-state index in [-0.39, 0.29) is 6.42 Å². The topological polar surface area (TPSA) is 127 Å². The molecule has 6 N–H and O–H groups in total. The Morgan fingerprint density at radius 1 is 1.50 bits per heavy atom. The van der Waals surface area contributed by atoms with Gasteiger partial charge in [0.05, 0.1) is 12.1 Å². The van der Waals surface area contributed by atoms with Gasteiger partial charge in [0.25, 0.3) is 0 Å². The molecule has 0 saturated heterocycles. The Bertz CT molecular complexity index is 186. The molecule has 0 aromatic rings. The van der Waals surface area contributed by atoms with Crippen molar-refractivity contribution in [2.75, 3.05) is 6.35 Å². The van der Waals surface area contributed by atoms with Crippen molar-refractivity contribution < 1.29 is 19.6 Å². The van der Waals surface area contributed by atoms with Crippen molar-refractivity contribution in [3.8, 4) is 0 Å². The van der Waals surface area contributed by atoms with Crippen LogP contribution in [-0.4, -0.2) is 34.4 Å². The average Bonchev–Trinajstić information content (AvgIpc) is 2.02. The molecule has 3 unspecified atom stereocenters. The van der Waals surface area contributed by atoms with Crippen LogP contribution in [0, 0.1) is 0 Å². The maximum Gasteiger partial charge on any atom is 0.320 e. The summed E-state index contributed by atoms with van der Waals surface area (Å²) < 4.78 is 10.8. The lowest BCUT2D eigenvalue weighted by Gasteiger charge is -2.12. The summed E-state index contributed by atoms with van der Waals surface area (Å²) >= 11 is 0. The van der Waals surface area contributed by atoms with Gasteiger partial charge in [-0.2, -0.15) is 0 Å². The Balaban J connectivity index is 3.91. The van der Waals surface area contributed by atoms with Gasteiger partial charge in [-0.05, 0) is 6.42 Å². The van der Waals surface area contributed by atoms with E-state index in [0.717, 1.165) is 0 Å². The molecular formula is C5H13N2O4P. The summed E-state index contributed by atoms with van der Waals surface area (Å²) in [6.07, 6.45) is -0.578. The second-order valence-corrected chi connectivity index (χ2v) is 4.40. The lowest BCUT2D eigenvalue weighted by molar-refractivity contribution is -0.138. The minimum Gasteiger partial charge on any atom is -0.480 e. The Morgan fingerprint density at radius 2 is 2.00 bits per heavy atom. The number of hydrogen-bond donors (Lipinski definition) is 4. The lowest BCUT2D eigenvalue weighted by atomic mass is 10.2. The standard InChI is InChI=1S/C5H13N2O4P/c6-3(5(9)10)1-4(7)12(11)2-8/h3-4,8,12H,1-2,6-7H2,(H,9,10). The molecule has 0 spiro atoms. The van der Waals surface area contributed by atoms with E-state index in [2.05, 4.69) is 0 Å². The third kappa shape index (κ3) is 3.82. The van der Waals surface area contributed by atoms with Gasteiger partial charge in [-0.25, -0.2) is 0 Å². The van der Waals surface area contributed by atoms with E-state index in [0.29, 0.717) is 0 Å². The fraction of sp³-hybridized carbons (Fsp3) is 0.800. The van der Waals surface area contributed by atoms with E-state index in [1.807, 2.05) is 0 Å². The van der Waals surface area contributed by atoms with Crippen molar-refractivity contribution in [3.05, 3.63) is 0 Å². The van der Waals surface area contributed by atoms with Crippen LogP contribution in [0.25, 0.3) is 0 Å². The first-order valence-corrected chi connectivity index (χ1v) is 5.05. The molecule has 0 aromatic carbocycles. The molecule has 72 valence electrons. The third-order valence-corrected chi connectivity index (χ3v) is 2.77. The van der Waals surface area contributed by atoms with Crippen LogP contribution in [0.1, 0.15) is 6.42 Å². The van der Waals surface area contributed by atoms with Crippen molar-refractivity contribution in [2.24, 2.45) is 11.5 Å². The largest absolute Gasteiger partial charge is 0.480 e. The van der Waals surface area contributed by atoms with E-state index >= 15 is 0 Å². The summed E-state index contributed by atoms with van der Waals surface area (Å²) in [6.45, 7) is 0. The highest BCUT2D eigenvalue weighted by atomic mass is 31.1. The van der Waals surface area contributed by atoms with Gasteiger partial charge >= 0.3 is 5.97 Å². The molecule has 6 nitrogen and oxygen atoms in total. The predicted octanol–water partition coefficient (Wildman–Crippen LogP) is -1.42. The Morgan fingerprint density at radius 3 is 2.33 bits per heavy atom. The first-order valence-electron chi connectivity index (χ1n) is 3.36. The van der Waals surface area contributed by atoms with Crippen molar-refractivity contribution in [1.29, 1.82) is 0 Å². The zero-order valence-electron chi connectivity index (χ0n) is 6.43. The monoisotopic (exact) mass is 196 g/mol. The number of aliphatic carboxylic acids is 1. The molecule has 12 heavy (non-hydrogen) atoms. The number of aliphatic hydroxyl groups excluding tert-OH is 1. The number of carboxylic acids is 1. The fourth-order valence-corrected chi connectivity index (χ4v) is 1.37. The molecule has 0 aliphatic carbocycles. The third-order valence-electron chi connectivity index (χ3n) is 1.39. The quantitative estimate of drug-likeness (QED) is 0.400. The van der Waals surface area contributed by atoms with Gasteiger partial charge in [0.2, 0.25) is 0 Å². The smallest absolute Gasteiger partial charge is 0.320 e. The zero-order valence-corrected chi connectivity index (χ0v) is 7.43. The van der Waals surface area contributed by atoms with Crippen LogP contribution in [0.5, 0.6) is 0 Å². The van der Waals surface area contributed by atoms with E-state index in [1.54, 1.807) is 0 Å². The fourth-order valence-electron chi connectivity index (χ4n) is 0.623. The van der Waals surface area contributed by atoms with E-state index < -0.39 is 31.9 Å². The number of nitrogens with two attached hydrogens (primary N) is 2. The normalized spacial score (nSPS) is 18.2. The number of hydrogen-bond acceptors (Lipinski definition) is 5. The van der Waals surface area contributed by atoms with Gasteiger partial charge in [-0.15, -0.1) is 0 Å². The molecule has 0 saturated carbocycles. The molecule has 3 atom stereocenters. The molecular weight excluding hydrogens is 183 g/mol. The predicted molar refractivity (Wildman–Crippen MR) is 44.3 cm³/mol. The van der Waals surface area contributed by atoms with Crippen molar-refractivity contribution >= 4 is 13.8 Å². The molecule has 0 bridgehead atoms. The molecule has 0 heterocycles. The molecule has 0 aliphatic heterocycles. The second-order valence-electron chi connectivity index (χ2n) is 2.41. The van der Waals surface area contributed by atoms with Gasteiger partial charge in [0.1, 0.15) is 13.8 Å². The minimum atomic E-state index is -2.29. The minimum absolute atomic E-state index is 0.0757. The molecule has 0 aromatic heterocycles. The van der Waals surface area contributed by atoms with Crippen LogP contribution in [0.2, 0.25) is 0 Å². The molecule has 7 heteroatoms. The number of carbonyl (C=O) groups is 1. The first kappa shape index (κ1) is 11.6. The van der Waals surface area contributed by atoms with Gasteiger partial charge in [-0.3, -0.25) is 4.79 Å². The highest BCUT2D eigenvalue weighted by Crippen LogP contribution is 2.25. The van der Waals surface area contributed by atoms with Crippen LogP contribution < -0.4 is 11.5 Å². The van der Waals surface area contributed by atoms with E-state index in [4.69, 9.17) is 21.7 Å². The molecule has 0 amide bonds. The van der Waals surface area contributed by atoms with Gasteiger partial charge in [-0.1, -0.05) is 0 Å². The number of carboxylic acid groups (broad SMARTS) is 1. The lowest BCUT2D eigenvalue weighted by Crippen LogP contribution is -2.36. The van der Waals surface area contributed by atoms with Crippen molar-refractivity contribution in [1.82, 2.24) is 0 Å². The van der Waals surface area contributed by atoms with Crippen LogP contribution in [0.4, 0.5) is 0 Å². The zero-order chi connectivity index (χ0) is 9.72. The van der Waals surface area contributed by atoms with Crippen LogP contribution in [0.3, 0.4) is 0 Å². The maximum atomic E-state index is 10.8. The highest BCUT2D eigenvalue weighted by molar-refractivity contribution is 7.45. The second kappa shape index (κ2) is 5.27. The highest BCUT2D eigenvalue weighted by Gasteiger charge is 2.19. The van der Waals surface area contributed by atoms with Crippen molar-refractivity contribution in [3.63, 3.8) is 0 Å². The molecule has 0 fully saturated rings. The number of rotatable bonds is 5. The molecule has 0 aliphatic rings. The average molecular weight is 196 g/mol.